The van der Waals surface area contributed by atoms with E-state index in [0.29, 0.717) is 12.5 Å². The summed E-state index contributed by atoms with van der Waals surface area (Å²) in [7, 11) is -3.52. The van der Waals surface area contributed by atoms with Crippen molar-refractivity contribution < 1.29 is 8.42 Å². The van der Waals surface area contributed by atoms with Gasteiger partial charge in [-0.3, -0.25) is 4.98 Å². The van der Waals surface area contributed by atoms with E-state index in [2.05, 4.69) is 18.8 Å². The number of pyridine rings is 1. The molecule has 0 saturated heterocycles. The lowest BCUT2D eigenvalue weighted by atomic mass is 10.1. The molecule has 1 aromatic rings. The molecule has 19 heavy (non-hydrogen) atoms. The fourth-order valence-corrected chi connectivity index (χ4v) is 3.74. The second-order valence-electron chi connectivity index (χ2n) is 5.44. The van der Waals surface area contributed by atoms with Gasteiger partial charge in [-0.15, -0.1) is 0 Å². The van der Waals surface area contributed by atoms with Gasteiger partial charge in [0.2, 0.25) is 10.0 Å². The van der Waals surface area contributed by atoms with Crippen molar-refractivity contribution in [2.24, 2.45) is 5.92 Å². The number of nitrogens with two attached hydrogens (primary N) is 1. The first-order valence-electron chi connectivity index (χ1n) is 6.64. The van der Waals surface area contributed by atoms with Crippen LogP contribution in [0, 0.1) is 5.92 Å². The summed E-state index contributed by atoms with van der Waals surface area (Å²) in [6.07, 6.45) is 5.59. The lowest BCUT2D eigenvalue weighted by Crippen LogP contribution is -2.35. The van der Waals surface area contributed by atoms with E-state index in [1.807, 2.05) is 0 Å². The highest BCUT2D eigenvalue weighted by Crippen LogP contribution is 2.33. The van der Waals surface area contributed by atoms with Gasteiger partial charge in [-0.25, -0.2) is 8.42 Å². The molecule has 1 aromatic heterocycles. The molecule has 0 unspecified atom stereocenters. The predicted molar refractivity (Wildman–Crippen MR) is 75.0 cm³/mol. The molecule has 0 spiro atoms. The molecule has 2 N–H and O–H groups in total. The Morgan fingerprint density at radius 2 is 2.16 bits per heavy atom. The smallest absolute Gasteiger partial charge is 0.246 e. The molecule has 1 saturated carbocycles. The minimum atomic E-state index is -3.52. The standard InChI is InChI=1S/C13H21N3O2S/c1-10(2)6-8-16(11-3-4-11)19(17,18)13-9-15-7-5-12(13)14/h5,7,9-11H,3-4,6,8H2,1-2H3,(H2,14,15). The summed E-state index contributed by atoms with van der Waals surface area (Å²) in [5.41, 5.74) is 6.04. The highest BCUT2D eigenvalue weighted by molar-refractivity contribution is 7.89. The third kappa shape index (κ3) is 3.25. The van der Waals surface area contributed by atoms with Crippen LogP contribution in [0.1, 0.15) is 33.1 Å². The summed E-state index contributed by atoms with van der Waals surface area (Å²) in [4.78, 5) is 4.01. The van der Waals surface area contributed by atoms with Crippen LogP contribution in [-0.4, -0.2) is 30.3 Å². The maximum atomic E-state index is 12.7. The summed E-state index contributed by atoms with van der Waals surface area (Å²) >= 11 is 0. The molecule has 0 radical (unpaired) electrons. The first-order chi connectivity index (χ1) is 8.93. The Bertz CT molecular complexity index is 539. The van der Waals surface area contributed by atoms with Crippen LogP contribution in [0.4, 0.5) is 5.69 Å². The van der Waals surface area contributed by atoms with Gasteiger partial charge in [-0.2, -0.15) is 4.31 Å². The summed E-state index contributed by atoms with van der Waals surface area (Å²) in [6, 6.07) is 1.67. The number of sulfonamides is 1. The van der Waals surface area contributed by atoms with Crippen LogP contribution in [0.2, 0.25) is 0 Å². The average Bonchev–Trinajstić information content (AvgIpc) is 3.13. The first-order valence-corrected chi connectivity index (χ1v) is 8.08. The Balaban J connectivity index is 2.27. The third-order valence-corrected chi connectivity index (χ3v) is 5.28. The van der Waals surface area contributed by atoms with Gasteiger partial charge in [0, 0.05) is 25.0 Å². The SMILES string of the molecule is CC(C)CCN(C1CC1)S(=O)(=O)c1cnccc1N. The summed E-state index contributed by atoms with van der Waals surface area (Å²) in [5.74, 6) is 0.475. The number of nitrogen functional groups attached to an aromatic ring is 1. The van der Waals surface area contributed by atoms with Crippen molar-refractivity contribution in [1.29, 1.82) is 0 Å². The van der Waals surface area contributed by atoms with Gasteiger partial charge in [0.1, 0.15) is 4.90 Å². The Morgan fingerprint density at radius 1 is 1.47 bits per heavy atom. The number of aromatic nitrogens is 1. The van der Waals surface area contributed by atoms with Crippen molar-refractivity contribution in [3.8, 4) is 0 Å². The van der Waals surface area contributed by atoms with Gasteiger partial charge >= 0.3 is 0 Å². The molecule has 1 aliphatic rings. The monoisotopic (exact) mass is 283 g/mol. The Hall–Kier alpha value is -1.14. The third-order valence-electron chi connectivity index (χ3n) is 3.28. The molecule has 6 heteroatoms. The van der Waals surface area contributed by atoms with E-state index >= 15 is 0 Å². The number of anilines is 1. The van der Waals surface area contributed by atoms with Gasteiger partial charge in [0.25, 0.3) is 0 Å². The first kappa shape index (κ1) is 14.3. The van der Waals surface area contributed by atoms with E-state index in [9.17, 15) is 8.42 Å². The second-order valence-corrected chi connectivity index (χ2v) is 7.30. The molecule has 0 aliphatic heterocycles. The normalized spacial score (nSPS) is 16.2. The molecule has 2 rings (SSSR count). The van der Waals surface area contributed by atoms with Crippen molar-refractivity contribution in [3.63, 3.8) is 0 Å². The lowest BCUT2D eigenvalue weighted by molar-refractivity contribution is 0.373. The van der Waals surface area contributed by atoms with Crippen LogP contribution in [0.5, 0.6) is 0 Å². The zero-order valence-corrected chi connectivity index (χ0v) is 12.2. The summed E-state index contributed by atoms with van der Waals surface area (Å²) < 4.78 is 26.9. The number of hydrogen-bond acceptors (Lipinski definition) is 4. The number of nitrogens with zero attached hydrogens (tertiary/aromatic N) is 2. The zero-order chi connectivity index (χ0) is 14.0. The van der Waals surface area contributed by atoms with E-state index in [4.69, 9.17) is 5.73 Å². The quantitative estimate of drug-likeness (QED) is 0.864. The molecule has 0 atom stereocenters. The van der Waals surface area contributed by atoms with E-state index in [1.165, 1.54) is 18.5 Å². The van der Waals surface area contributed by atoms with E-state index in [1.54, 1.807) is 4.31 Å². The Kier molecular flexibility index (Phi) is 4.10. The maximum Gasteiger partial charge on any atom is 0.246 e. The van der Waals surface area contributed by atoms with Crippen molar-refractivity contribution in [2.75, 3.05) is 12.3 Å². The largest absolute Gasteiger partial charge is 0.398 e. The van der Waals surface area contributed by atoms with Crippen molar-refractivity contribution >= 4 is 15.7 Å². The van der Waals surface area contributed by atoms with Crippen molar-refractivity contribution in [1.82, 2.24) is 9.29 Å². The molecule has 0 aromatic carbocycles. The van der Waals surface area contributed by atoms with E-state index < -0.39 is 10.0 Å². The molecule has 1 aliphatic carbocycles. The van der Waals surface area contributed by atoms with E-state index in [-0.39, 0.29) is 16.6 Å². The van der Waals surface area contributed by atoms with Gasteiger partial charge < -0.3 is 5.73 Å². The van der Waals surface area contributed by atoms with Crippen molar-refractivity contribution in [3.05, 3.63) is 18.5 Å². The summed E-state index contributed by atoms with van der Waals surface area (Å²) in [6.45, 7) is 4.74. The maximum absolute atomic E-state index is 12.7. The molecule has 106 valence electrons. The molecule has 1 heterocycles. The highest BCUT2D eigenvalue weighted by atomic mass is 32.2. The highest BCUT2D eigenvalue weighted by Gasteiger charge is 2.38. The van der Waals surface area contributed by atoms with Gasteiger partial charge in [-0.05, 0) is 31.2 Å². The summed E-state index contributed by atoms with van der Waals surface area (Å²) in [5, 5.41) is 0. The van der Waals surface area contributed by atoms with Crippen molar-refractivity contribution in [2.45, 2.75) is 44.0 Å². The minimum Gasteiger partial charge on any atom is -0.398 e. The number of rotatable bonds is 6. The van der Waals surface area contributed by atoms with Gasteiger partial charge in [0.05, 0.1) is 5.69 Å². The number of hydrogen-bond donors (Lipinski definition) is 1. The molecular formula is C13H21N3O2S. The van der Waals surface area contributed by atoms with Crippen LogP contribution in [0.25, 0.3) is 0 Å². The molecule has 0 amide bonds. The predicted octanol–water partition coefficient (Wildman–Crippen LogP) is 1.86. The van der Waals surface area contributed by atoms with Crippen LogP contribution in [-0.2, 0) is 10.0 Å². The van der Waals surface area contributed by atoms with Crippen LogP contribution >= 0.6 is 0 Å². The fourth-order valence-electron chi connectivity index (χ4n) is 1.98. The van der Waals surface area contributed by atoms with Crippen LogP contribution in [0.15, 0.2) is 23.4 Å². The van der Waals surface area contributed by atoms with Gasteiger partial charge in [-0.1, -0.05) is 13.8 Å². The lowest BCUT2D eigenvalue weighted by Gasteiger charge is -2.23. The minimum absolute atomic E-state index is 0.130. The van der Waals surface area contributed by atoms with Crippen LogP contribution in [0.3, 0.4) is 0 Å². The molecule has 5 nitrogen and oxygen atoms in total. The van der Waals surface area contributed by atoms with Gasteiger partial charge in [0.15, 0.2) is 0 Å². The molecule has 0 bridgehead atoms. The second kappa shape index (κ2) is 5.46. The average molecular weight is 283 g/mol. The topological polar surface area (TPSA) is 76.3 Å². The fraction of sp³-hybridized carbons (Fsp3) is 0.615. The zero-order valence-electron chi connectivity index (χ0n) is 11.4. The Labute approximate surface area is 114 Å². The Morgan fingerprint density at radius 3 is 2.68 bits per heavy atom. The molecular weight excluding hydrogens is 262 g/mol. The van der Waals surface area contributed by atoms with Crippen LogP contribution < -0.4 is 5.73 Å². The molecule has 1 fully saturated rings. The van der Waals surface area contributed by atoms with E-state index in [0.717, 1.165) is 19.3 Å².